The average Bonchev–Trinajstić information content (AvgIpc) is 3.10. The van der Waals surface area contributed by atoms with Gasteiger partial charge in [-0.2, -0.15) is 0 Å². The van der Waals surface area contributed by atoms with Crippen LogP contribution in [0.3, 0.4) is 0 Å². The number of rotatable bonds is 7. The Morgan fingerprint density at radius 3 is 2.68 bits per heavy atom. The van der Waals surface area contributed by atoms with E-state index in [1.807, 2.05) is 20.0 Å². The van der Waals surface area contributed by atoms with Gasteiger partial charge in [0.05, 0.1) is 11.8 Å². The van der Waals surface area contributed by atoms with E-state index >= 15 is 0 Å². The van der Waals surface area contributed by atoms with Crippen molar-refractivity contribution in [3.63, 3.8) is 0 Å². The molecule has 1 fully saturated rings. The van der Waals surface area contributed by atoms with Gasteiger partial charge < -0.3 is 30.0 Å². The van der Waals surface area contributed by atoms with E-state index in [1.54, 1.807) is 29.2 Å². The molecule has 9 heteroatoms. The summed E-state index contributed by atoms with van der Waals surface area (Å²) in [6.07, 6.45) is 0.303. The van der Waals surface area contributed by atoms with Gasteiger partial charge in [-0.1, -0.05) is 13.0 Å². The highest BCUT2D eigenvalue weighted by Gasteiger charge is 2.66. The third kappa shape index (κ3) is 3.85. The third-order valence-electron chi connectivity index (χ3n) is 6.36. The van der Waals surface area contributed by atoms with E-state index in [2.05, 4.69) is 11.9 Å². The van der Waals surface area contributed by atoms with Gasteiger partial charge in [0, 0.05) is 35.9 Å². The molecule has 31 heavy (non-hydrogen) atoms. The Balaban J connectivity index is 2.15. The first-order valence-electron chi connectivity index (χ1n) is 10.6. The van der Waals surface area contributed by atoms with Crippen LogP contribution in [-0.2, 0) is 19.9 Å². The highest BCUT2D eigenvalue weighted by molar-refractivity contribution is 6.71. The molecule has 170 valence electrons. The Hall–Kier alpha value is -2.04. The molecule has 1 aromatic carbocycles. The molecule has 0 aliphatic carbocycles. The van der Waals surface area contributed by atoms with Crippen LogP contribution in [0.2, 0.25) is 18.6 Å². The van der Waals surface area contributed by atoms with Crippen molar-refractivity contribution in [3.05, 3.63) is 36.4 Å². The zero-order valence-corrected chi connectivity index (χ0v) is 19.5. The van der Waals surface area contributed by atoms with Crippen LogP contribution in [-0.4, -0.2) is 60.5 Å². The number of fused-ring (bicyclic) bond motifs is 2. The summed E-state index contributed by atoms with van der Waals surface area (Å²) in [6, 6.07) is 5.13. The lowest BCUT2D eigenvalue weighted by Gasteiger charge is -2.32. The predicted molar refractivity (Wildman–Crippen MR) is 120 cm³/mol. The molecule has 1 saturated heterocycles. The maximum Gasteiger partial charge on any atom is 0.264 e. The van der Waals surface area contributed by atoms with Gasteiger partial charge in [-0.05, 0) is 44.6 Å². The molecule has 3 rings (SSSR count). The zero-order valence-electron chi connectivity index (χ0n) is 18.5. The first-order valence-corrected chi connectivity index (χ1v) is 13.6. The number of nitrogens with one attached hydrogen (secondary N) is 1. The van der Waals surface area contributed by atoms with Crippen LogP contribution in [0, 0.1) is 5.92 Å². The number of benzene rings is 1. The number of hydrogen-bond acceptors (Lipinski definition) is 6. The highest BCUT2D eigenvalue weighted by atomic mass is 28.4. The fourth-order valence-corrected chi connectivity index (χ4v) is 7.71. The SMILES string of the molecule is C=CCN1C(=O)[C@]2(O[C@H](CCO)[C@@H]([Si](C)(C)O)[C@@H]2C)c2cc(NC(=O)[C@H](C)O)ccc21. The van der Waals surface area contributed by atoms with E-state index in [0.717, 1.165) is 0 Å². The molecular formula is C22H32N2O6Si. The molecule has 5 atom stereocenters. The molecule has 2 heterocycles. The average molecular weight is 449 g/mol. The number of amides is 2. The molecule has 0 bridgehead atoms. The normalized spacial score (nSPS) is 28.7. The molecule has 0 unspecified atom stereocenters. The van der Waals surface area contributed by atoms with Crippen LogP contribution >= 0.6 is 0 Å². The van der Waals surface area contributed by atoms with Crippen molar-refractivity contribution in [2.24, 2.45) is 5.92 Å². The Morgan fingerprint density at radius 2 is 2.13 bits per heavy atom. The van der Waals surface area contributed by atoms with Gasteiger partial charge in [-0.25, -0.2) is 0 Å². The maximum absolute atomic E-state index is 13.7. The summed E-state index contributed by atoms with van der Waals surface area (Å²) in [5, 5.41) is 21.8. The molecule has 2 amide bonds. The molecule has 2 aliphatic rings. The third-order valence-corrected chi connectivity index (χ3v) is 8.86. The first-order chi connectivity index (χ1) is 14.5. The number of ether oxygens (including phenoxy) is 1. The lowest BCUT2D eigenvalue weighted by molar-refractivity contribution is -0.146. The quantitative estimate of drug-likeness (QED) is 0.372. The molecule has 0 saturated carbocycles. The van der Waals surface area contributed by atoms with Gasteiger partial charge in [0.25, 0.3) is 11.8 Å². The summed E-state index contributed by atoms with van der Waals surface area (Å²) in [5.74, 6) is -1.14. The Morgan fingerprint density at radius 1 is 1.45 bits per heavy atom. The molecule has 0 aromatic heterocycles. The standard InChI is InChI=1S/C22H32N2O6Si/c1-6-10-24-17-8-7-15(23-20(27)14(3)26)12-16(17)22(21(24)28)13(2)19(31(4,5)29)18(30-22)9-11-25/h6-8,12-14,18-19,25-26,29H,1,9-11H2,2-5H3,(H,23,27)/t13-,14-,18+,19-,22+/m0/s1. The van der Waals surface area contributed by atoms with Crippen molar-refractivity contribution < 1.29 is 29.3 Å². The second-order valence-corrected chi connectivity index (χ2v) is 12.9. The van der Waals surface area contributed by atoms with Crippen LogP contribution in [0.5, 0.6) is 0 Å². The molecule has 2 aliphatic heterocycles. The minimum atomic E-state index is -2.76. The lowest BCUT2D eigenvalue weighted by Crippen LogP contribution is -2.46. The fraction of sp³-hybridized carbons (Fsp3) is 0.545. The topological polar surface area (TPSA) is 119 Å². The number of nitrogens with zero attached hydrogens (tertiary/aromatic N) is 1. The maximum atomic E-state index is 13.7. The van der Waals surface area contributed by atoms with Crippen LogP contribution in [0.25, 0.3) is 0 Å². The molecule has 1 aromatic rings. The van der Waals surface area contributed by atoms with Crippen LogP contribution in [0.15, 0.2) is 30.9 Å². The van der Waals surface area contributed by atoms with Gasteiger partial charge in [0.15, 0.2) is 13.9 Å². The molecule has 8 nitrogen and oxygen atoms in total. The first kappa shape index (κ1) is 23.6. The van der Waals surface area contributed by atoms with E-state index in [4.69, 9.17) is 4.74 Å². The number of carbonyl (C=O) groups excluding carboxylic acids is 2. The number of hydrogen-bond donors (Lipinski definition) is 4. The molecular weight excluding hydrogens is 416 g/mol. The monoisotopic (exact) mass is 448 g/mol. The largest absolute Gasteiger partial charge is 0.432 e. The number of carbonyl (C=O) groups is 2. The summed E-state index contributed by atoms with van der Waals surface area (Å²) in [5.41, 5.74) is 0.111. The number of aliphatic hydroxyl groups is 2. The minimum Gasteiger partial charge on any atom is -0.432 e. The fourth-order valence-electron chi connectivity index (χ4n) is 5.11. The molecule has 0 radical (unpaired) electrons. The molecule has 1 spiro atoms. The van der Waals surface area contributed by atoms with E-state index in [1.165, 1.54) is 6.92 Å². The summed E-state index contributed by atoms with van der Waals surface area (Å²) < 4.78 is 6.45. The highest BCUT2D eigenvalue weighted by Crippen LogP contribution is 2.59. The van der Waals surface area contributed by atoms with Crippen molar-refractivity contribution in [3.8, 4) is 0 Å². The minimum absolute atomic E-state index is 0.115. The zero-order chi connectivity index (χ0) is 23.1. The lowest BCUT2D eigenvalue weighted by atomic mass is 9.82. The molecule has 4 N–H and O–H groups in total. The summed E-state index contributed by atoms with van der Waals surface area (Å²) in [7, 11) is -2.76. The second kappa shape index (κ2) is 8.48. The van der Waals surface area contributed by atoms with Crippen molar-refractivity contribution in [2.45, 2.75) is 56.7 Å². The van der Waals surface area contributed by atoms with Crippen molar-refractivity contribution in [1.82, 2.24) is 0 Å². The van der Waals surface area contributed by atoms with Crippen LogP contribution in [0.1, 0.15) is 25.8 Å². The van der Waals surface area contributed by atoms with E-state index in [-0.39, 0.29) is 24.0 Å². The summed E-state index contributed by atoms with van der Waals surface area (Å²) >= 11 is 0. The predicted octanol–water partition coefficient (Wildman–Crippen LogP) is 1.72. The van der Waals surface area contributed by atoms with E-state index < -0.39 is 32.0 Å². The Labute approximate surface area is 183 Å². The van der Waals surface area contributed by atoms with Gasteiger partial charge in [-0.3, -0.25) is 9.59 Å². The van der Waals surface area contributed by atoms with Gasteiger partial charge in [-0.15, -0.1) is 6.58 Å². The second-order valence-electron chi connectivity index (χ2n) is 8.97. The Kier molecular flexibility index (Phi) is 6.46. The smallest absolute Gasteiger partial charge is 0.264 e. The van der Waals surface area contributed by atoms with Gasteiger partial charge in [0.2, 0.25) is 0 Å². The van der Waals surface area contributed by atoms with Crippen LogP contribution in [0.4, 0.5) is 11.4 Å². The van der Waals surface area contributed by atoms with E-state index in [9.17, 15) is 24.6 Å². The van der Waals surface area contributed by atoms with Crippen LogP contribution < -0.4 is 10.2 Å². The van der Waals surface area contributed by atoms with Crippen molar-refractivity contribution >= 4 is 31.5 Å². The number of aliphatic hydroxyl groups excluding tert-OH is 2. The van der Waals surface area contributed by atoms with Gasteiger partial charge >= 0.3 is 0 Å². The van der Waals surface area contributed by atoms with Gasteiger partial charge in [0.1, 0.15) is 6.10 Å². The Bertz CT molecular complexity index is 883. The van der Waals surface area contributed by atoms with E-state index in [0.29, 0.717) is 29.9 Å². The summed E-state index contributed by atoms with van der Waals surface area (Å²) in [6.45, 7) is 10.9. The summed E-state index contributed by atoms with van der Waals surface area (Å²) in [4.78, 5) is 38.4. The van der Waals surface area contributed by atoms with Crippen molar-refractivity contribution in [2.75, 3.05) is 23.4 Å². The number of anilines is 2. The van der Waals surface area contributed by atoms with Crippen molar-refractivity contribution in [1.29, 1.82) is 0 Å².